The molecule has 4 aromatic rings. The van der Waals surface area contributed by atoms with Gasteiger partial charge >= 0.3 is 17.8 Å². The van der Waals surface area contributed by atoms with Gasteiger partial charge in [0.15, 0.2) is 6.54 Å². The number of hydrogen-bond donors (Lipinski definition) is 2. The summed E-state index contributed by atoms with van der Waals surface area (Å²) in [4.78, 5) is 21.2. The van der Waals surface area contributed by atoms with E-state index in [0.717, 1.165) is 18.4 Å². The molecule has 2 aromatic heterocycles. The fourth-order valence-electron chi connectivity index (χ4n) is 3.87. The van der Waals surface area contributed by atoms with Crippen molar-refractivity contribution in [2.24, 2.45) is 5.73 Å². The Morgan fingerprint density at radius 2 is 2.03 bits per heavy atom. The van der Waals surface area contributed by atoms with Crippen LogP contribution in [-0.4, -0.2) is 39.3 Å². The van der Waals surface area contributed by atoms with E-state index in [0.29, 0.717) is 53.9 Å². The zero-order valence-electron chi connectivity index (χ0n) is 18.2. The van der Waals surface area contributed by atoms with Crippen molar-refractivity contribution in [3.63, 3.8) is 0 Å². The number of amides is 1. The highest BCUT2D eigenvalue weighted by Crippen LogP contribution is 2.28. The predicted molar refractivity (Wildman–Crippen MR) is 120 cm³/mol. The highest BCUT2D eigenvalue weighted by Gasteiger charge is 2.29. The van der Waals surface area contributed by atoms with Gasteiger partial charge in [-0.3, -0.25) is 4.79 Å². The third-order valence-corrected chi connectivity index (χ3v) is 5.47. The van der Waals surface area contributed by atoms with Gasteiger partial charge in [-0.15, -0.1) is 0 Å². The Labute approximate surface area is 190 Å². The molecule has 168 valence electrons. The van der Waals surface area contributed by atoms with Crippen LogP contribution in [0.1, 0.15) is 28.8 Å². The summed E-state index contributed by atoms with van der Waals surface area (Å²) in [6.07, 6.45) is 1.86. The molecule has 0 bridgehead atoms. The molecule has 0 saturated carbocycles. The number of nitrogens with two attached hydrogens (primary N) is 1. The van der Waals surface area contributed by atoms with E-state index in [-0.39, 0.29) is 6.01 Å². The van der Waals surface area contributed by atoms with Crippen molar-refractivity contribution in [3.05, 3.63) is 59.7 Å². The van der Waals surface area contributed by atoms with Gasteiger partial charge in [-0.25, -0.2) is 4.57 Å². The van der Waals surface area contributed by atoms with Crippen LogP contribution in [0.2, 0.25) is 0 Å². The fraction of sp³-hybridized carbons (Fsp3) is 0.261. The second-order valence-corrected chi connectivity index (χ2v) is 7.65. The lowest BCUT2D eigenvalue weighted by Crippen LogP contribution is -2.41. The number of anilines is 1. The molecule has 1 aliphatic rings. The number of aromatic nitrogens is 5. The number of nitrogens with zero attached hydrogens (tertiary/aromatic N) is 5. The molecule has 3 N–H and O–H groups in total. The third-order valence-electron chi connectivity index (χ3n) is 5.47. The fourth-order valence-corrected chi connectivity index (χ4v) is 3.87. The summed E-state index contributed by atoms with van der Waals surface area (Å²) >= 11 is 0. The first kappa shape index (κ1) is 20.7. The summed E-state index contributed by atoms with van der Waals surface area (Å²) in [5, 5.41) is 8.12. The van der Waals surface area contributed by atoms with E-state index in [1.54, 1.807) is 16.7 Å². The van der Waals surface area contributed by atoms with E-state index in [2.05, 4.69) is 10.3 Å². The summed E-state index contributed by atoms with van der Waals surface area (Å²) in [6.45, 7) is 1.86. The zero-order chi connectivity index (χ0) is 22.8. The smallest absolute Gasteiger partial charge is 0.437 e. The van der Waals surface area contributed by atoms with Crippen LogP contribution in [0.3, 0.4) is 0 Å². The number of methoxy groups -OCH3 is 1. The molecule has 1 aliphatic heterocycles. The normalized spacial score (nSPS) is 13.1. The Balaban J connectivity index is 1.65. The van der Waals surface area contributed by atoms with E-state index in [9.17, 15) is 4.79 Å². The number of rotatable bonds is 6. The molecular weight excluding hydrogens is 422 g/mol. The minimum atomic E-state index is -0.566. The number of benzene rings is 2. The molecule has 5 rings (SSSR count). The Morgan fingerprint density at radius 1 is 1.18 bits per heavy atom. The molecule has 0 unspecified atom stereocenters. The second kappa shape index (κ2) is 8.73. The standard InChI is InChI=1S/C23H23N7O3/c1-32-23-26-18-16(19(24)31)10-7-11-17(18)30(23)22-27-20(25-14-15-8-3-2-4-9-15)21-29(28-22)12-5-6-13-33-21/h2-4,7-11H,5-6,12-14H2,1H3,(H2-,24,25,27,28,31)/p+1. The molecular formula is C23H24N7O3+. The number of primary amides is 1. The molecule has 33 heavy (non-hydrogen) atoms. The minimum Gasteiger partial charge on any atom is -0.468 e. The monoisotopic (exact) mass is 446 g/mol. The molecule has 10 heteroatoms. The van der Waals surface area contributed by atoms with Crippen LogP contribution < -0.4 is 25.2 Å². The molecule has 0 atom stereocenters. The van der Waals surface area contributed by atoms with E-state index in [1.807, 2.05) is 41.1 Å². The van der Waals surface area contributed by atoms with Crippen molar-refractivity contribution in [2.45, 2.75) is 25.9 Å². The lowest BCUT2D eigenvalue weighted by molar-refractivity contribution is -0.755. The second-order valence-electron chi connectivity index (χ2n) is 7.65. The topological polar surface area (TPSA) is 121 Å². The molecule has 0 saturated heterocycles. The molecule has 0 fully saturated rings. The lowest BCUT2D eigenvalue weighted by Gasteiger charge is -2.11. The van der Waals surface area contributed by atoms with E-state index < -0.39 is 5.91 Å². The van der Waals surface area contributed by atoms with E-state index in [4.69, 9.17) is 25.3 Å². The first-order valence-corrected chi connectivity index (χ1v) is 10.7. The number of hydrogen-bond acceptors (Lipinski definition) is 7. The van der Waals surface area contributed by atoms with Gasteiger partial charge in [0.25, 0.3) is 5.91 Å². The van der Waals surface area contributed by atoms with Crippen molar-refractivity contribution in [2.75, 3.05) is 19.0 Å². The Hall–Kier alpha value is -4.21. The van der Waals surface area contributed by atoms with Crippen molar-refractivity contribution < 1.29 is 19.0 Å². The van der Waals surface area contributed by atoms with Crippen molar-refractivity contribution in [1.82, 2.24) is 19.6 Å². The molecule has 0 aliphatic carbocycles. The van der Waals surface area contributed by atoms with Crippen molar-refractivity contribution in [1.29, 1.82) is 0 Å². The highest BCUT2D eigenvalue weighted by atomic mass is 16.5. The van der Waals surface area contributed by atoms with Gasteiger partial charge in [-0.1, -0.05) is 36.4 Å². The van der Waals surface area contributed by atoms with Crippen LogP contribution in [-0.2, 0) is 13.1 Å². The quantitative estimate of drug-likeness (QED) is 0.435. The molecule has 2 aromatic carbocycles. The van der Waals surface area contributed by atoms with Crippen LogP contribution in [0.4, 0.5) is 5.82 Å². The van der Waals surface area contributed by atoms with Crippen LogP contribution in [0.15, 0.2) is 48.5 Å². The minimum absolute atomic E-state index is 0.253. The number of aryl methyl sites for hydroxylation is 1. The zero-order valence-corrected chi connectivity index (χ0v) is 18.2. The van der Waals surface area contributed by atoms with Gasteiger partial charge in [0.05, 0.1) is 24.8 Å². The summed E-state index contributed by atoms with van der Waals surface area (Å²) in [5.74, 6) is 0.943. The van der Waals surface area contributed by atoms with Gasteiger partial charge < -0.3 is 20.5 Å². The first-order chi connectivity index (χ1) is 16.2. The third kappa shape index (κ3) is 3.91. The average molecular weight is 446 g/mol. The number of carbonyl (C=O) groups is 1. The van der Waals surface area contributed by atoms with E-state index >= 15 is 0 Å². The summed E-state index contributed by atoms with van der Waals surface area (Å²) < 4.78 is 15.0. The lowest BCUT2D eigenvalue weighted by atomic mass is 10.2. The summed E-state index contributed by atoms with van der Waals surface area (Å²) in [6, 6.07) is 15.5. The number of para-hydroxylation sites is 1. The largest absolute Gasteiger partial charge is 0.468 e. The van der Waals surface area contributed by atoms with Crippen molar-refractivity contribution >= 4 is 22.8 Å². The van der Waals surface area contributed by atoms with Crippen LogP contribution >= 0.6 is 0 Å². The Bertz CT molecular complexity index is 1320. The number of carbonyl (C=O) groups excluding carboxylic acids is 1. The maximum absolute atomic E-state index is 11.9. The average Bonchev–Trinajstić information content (AvgIpc) is 3.05. The molecule has 1 amide bonds. The summed E-state index contributed by atoms with van der Waals surface area (Å²) in [7, 11) is 1.51. The number of imidazole rings is 1. The number of nitrogens with one attached hydrogen (secondary N) is 1. The van der Waals surface area contributed by atoms with Gasteiger partial charge in [0, 0.05) is 18.1 Å². The van der Waals surface area contributed by atoms with Gasteiger partial charge in [0.1, 0.15) is 5.52 Å². The van der Waals surface area contributed by atoms with Gasteiger partial charge in [-0.2, -0.15) is 9.97 Å². The Morgan fingerprint density at radius 3 is 2.82 bits per heavy atom. The van der Waals surface area contributed by atoms with Crippen LogP contribution in [0, 0.1) is 0 Å². The maximum Gasteiger partial charge on any atom is 0.437 e. The predicted octanol–water partition coefficient (Wildman–Crippen LogP) is 2.00. The summed E-state index contributed by atoms with van der Waals surface area (Å²) in [5.41, 5.74) is 8.02. The van der Waals surface area contributed by atoms with Crippen LogP contribution in [0.25, 0.3) is 17.0 Å². The molecule has 10 nitrogen and oxygen atoms in total. The molecule has 0 spiro atoms. The number of ether oxygens (including phenoxy) is 2. The molecule has 3 heterocycles. The van der Waals surface area contributed by atoms with Crippen LogP contribution in [0.5, 0.6) is 11.9 Å². The van der Waals surface area contributed by atoms with E-state index in [1.165, 1.54) is 7.11 Å². The molecule has 0 radical (unpaired) electrons. The van der Waals surface area contributed by atoms with Gasteiger partial charge in [-0.05, 0) is 28.8 Å². The van der Waals surface area contributed by atoms with Gasteiger partial charge in [0.2, 0.25) is 5.82 Å². The Kier molecular flexibility index (Phi) is 5.47. The SMILES string of the molecule is COc1nc2c(C(N)=O)cccc2n1-c1nc(NCc2ccccc2)c2[n+](n1)CCCCO2. The van der Waals surface area contributed by atoms with Crippen molar-refractivity contribution in [3.8, 4) is 17.8 Å². The number of fused-ring (bicyclic) bond motifs is 2. The first-order valence-electron chi connectivity index (χ1n) is 10.7. The maximum atomic E-state index is 11.9. The highest BCUT2D eigenvalue weighted by molar-refractivity contribution is 6.04.